The van der Waals surface area contributed by atoms with Crippen LogP contribution in [0.3, 0.4) is 0 Å². The minimum absolute atomic E-state index is 0.323. The molecule has 0 amide bonds. The second-order valence-electron chi connectivity index (χ2n) is 4.03. The van der Waals surface area contributed by atoms with E-state index in [4.69, 9.17) is 11.6 Å². The van der Waals surface area contributed by atoms with E-state index in [0.717, 1.165) is 5.69 Å². The molecule has 2 N–H and O–H groups in total. The number of hydrogen-bond donors (Lipinski definition) is 2. The maximum absolute atomic E-state index is 9.91. The van der Waals surface area contributed by atoms with Crippen LogP contribution in [0.15, 0.2) is 42.7 Å². The summed E-state index contributed by atoms with van der Waals surface area (Å²) in [5, 5.41) is 23.7. The molecule has 18 heavy (non-hydrogen) atoms. The van der Waals surface area contributed by atoms with Gasteiger partial charge in [0.1, 0.15) is 6.10 Å². The van der Waals surface area contributed by atoms with E-state index in [-0.39, 0.29) is 0 Å². The average molecular weight is 267 g/mol. The molecule has 2 unspecified atom stereocenters. The first-order valence-corrected chi connectivity index (χ1v) is 6.28. The standard InChI is InChI=1S/C13H15ClN2O2/c14-7-6-12(17)13(18)10-2-4-11(5-3-10)16-9-1-8-15-16/h1-5,8-9,12-13,17-18H,6-7H2. The molecule has 0 fully saturated rings. The molecular weight excluding hydrogens is 252 g/mol. The summed E-state index contributed by atoms with van der Waals surface area (Å²) in [5.74, 6) is 0.323. The van der Waals surface area contributed by atoms with Crippen LogP contribution in [0.2, 0.25) is 0 Å². The molecule has 0 aliphatic carbocycles. The van der Waals surface area contributed by atoms with Crippen LogP contribution in [0, 0.1) is 0 Å². The van der Waals surface area contributed by atoms with Crippen LogP contribution >= 0.6 is 11.6 Å². The van der Waals surface area contributed by atoms with Crippen molar-refractivity contribution in [1.82, 2.24) is 9.78 Å². The average Bonchev–Trinajstić information content (AvgIpc) is 2.92. The molecule has 5 heteroatoms. The van der Waals surface area contributed by atoms with E-state index in [9.17, 15) is 10.2 Å². The number of aliphatic hydroxyl groups is 2. The zero-order chi connectivity index (χ0) is 13.0. The van der Waals surface area contributed by atoms with Gasteiger partial charge in [0, 0.05) is 18.3 Å². The zero-order valence-electron chi connectivity index (χ0n) is 9.78. The summed E-state index contributed by atoms with van der Waals surface area (Å²) in [6.45, 7) is 0. The Labute approximate surface area is 110 Å². The Morgan fingerprint density at radius 2 is 1.94 bits per heavy atom. The van der Waals surface area contributed by atoms with Gasteiger partial charge in [0.05, 0.1) is 11.8 Å². The van der Waals surface area contributed by atoms with Crippen molar-refractivity contribution in [2.24, 2.45) is 0 Å². The van der Waals surface area contributed by atoms with Crippen LogP contribution in [0.4, 0.5) is 0 Å². The zero-order valence-corrected chi connectivity index (χ0v) is 10.5. The highest BCUT2D eigenvalue weighted by atomic mass is 35.5. The van der Waals surface area contributed by atoms with Crippen molar-refractivity contribution in [3.63, 3.8) is 0 Å². The Bertz CT molecular complexity index is 470. The van der Waals surface area contributed by atoms with E-state index in [1.54, 1.807) is 23.0 Å². The number of benzene rings is 1. The minimum atomic E-state index is -0.907. The Morgan fingerprint density at radius 3 is 2.50 bits per heavy atom. The van der Waals surface area contributed by atoms with E-state index in [1.807, 2.05) is 24.4 Å². The predicted molar refractivity (Wildman–Crippen MR) is 69.9 cm³/mol. The molecule has 0 aliphatic rings. The molecular formula is C13H15ClN2O2. The van der Waals surface area contributed by atoms with Gasteiger partial charge in [0.2, 0.25) is 0 Å². The fraction of sp³-hybridized carbons (Fsp3) is 0.308. The van der Waals surface area contributed by atoms with Crippen LogP contribution in [-0.4, -0.2) is 32.0 Å². The number of aliphatic hydroxyl groups excluding tert-OH is 2. The molecule has 2 atom stereocenters. The Hall–Kier alpha value is -1.36. The van der Waals surface area contributed by atoms with Crippen molar-refractivity contribution in [1.29, 1.82) is 0 Å². The second kappa shape index (κ2) is 6.00. The number of halogens is 1. The second-order valence-corrected chi connectivity index (χ2v) is 4.41. The lowest BCUT2D eigenvalue weighted by atomic mass is 10.0. The molecule has 2 aromatic rings. The van der Waals surface area contributed by atoms with Gasteiger partial charge in [-0.3, -0.25) is 0 Å². The largest absolute Gasteiger partial charge is 0.390 e. The van der Waals surface area contributed by atoms with Crippen LogP contribution in [-0.2, 0) is 0 Å². The molecule has 0 radical (unpaired) electrons. The van der Waals surface area contributed by atoms with Crippen LogP contribution in [0.25, 0.3) is 5.69 Å². The van der Waals surface area contributed by atoms with Gasteiger partial charge in [-0.1, -0.05) is 12.1 Å². The summed E-state index contributed by atoms with van der Waals surface area (Å²) < 4.78 is 1.73. The molecule has 0 spiro atoms. The highest BCUT2D eigenvalue weighted by molar-refractivity contribution is 6.17. The molecule has 2 rings (SSSR count). The van der Waals surface area contributed by atoms with Crippen molar-refractivity contribution in [3.05, 3.63) is 48.3 Å². The van der Waals surface area contributed by atoms with Crippen LogP contribution in [0.1, 0.15) is 18.1 Å². The van der Waals surface area contributed by atoms with Crippen molar-refractivity contribution in [2.75, 3.05) is 5.88 Å². The first-order chi connectivity index (χ1) is 8.72. The minimum Gasteiger partial charge on any atom is -0.390 e. The lowest BCUT2D eigenvalue weighted by Crippen LogP contribution is -2.18. The molecule has 0 saturated heterocycles. The van der Waals surface area contributed by atoms with Crippen molar-refractivity contribution in [3.8, 4) is 5.69 Å². The van der Waals surface area contributed by atoms with E-state index in [0.29, 0.717) is 17.9 Å². The third kappa shape index (κ3) is 2.90. The Kier molecular flexibility index (Phi) is 4.36. The monoisotopic (exact) mass is 266 g/mol. The Balaban J connectivity index is 2.12. The van der Waals surface area contributed by atoms with Crippen LogP contribution in [0.5, 0.6) is 0 Å². The summed E-state index contributed by atoms with van der Waals surface area (Å²) in [7, 11) is 0. The summed E-state index contributed by atoms with van der Waals surface area (Å²) in [5.41, 5.74) is 1.58. The maximum Gasteiger partial charge on any atom is 0.105 e. The topological polar surface area (TPSA) is 58.3 Å². The molecule has 1 aromatic heterocycles. The number of rotatable bonds is 5. The lowest BCUT2D eigenvalue weighted by Gasteiger charge is -2.17. The highest BCUT2D eigenvalue weighted by Gasteiger charge is 2.17. The Morgan fingerprint density at radius 1 is 1.22 bits per heavy atom. The first-order valence-electron chi connectivity index (χ1n) is 5.74. The van der Waals surface area contributed by atoms with Gasteiger partial charge in [0.25, 0.3) is 0 Å². The fourth-order valence-electron chi connectivity index (χ4n) is 1.74. The summed E-state index contributed by atoms with van der Waals surface area (Å²) in [6, 6.07) is 9.09. The number of alkyl halides is 1. The third-order valence-electron chi connectivity index (χ3n) is 2.77. The smallest absolute Gasteiger partial charge is 0.105 e. The van der Waals surface area contributed by atoms with Crippen LogP contribution < -0.4 is 0 Å². The SMILES string of the molecule is OC(CCCl)C(O)c1ccc(-n2cccn2)cc1. The molecule has 0 saturated carbocycles. The van der Waals surface area contributed by atoms with Gasteiger partial charge >= 0.3 is 0 Å². The fourth-order valence-corrected chi connectivity index (χ4v) is 1.96. The molecule has 4 nitrogen and oxygen atoms in total. The van der Waals surface area contributed by atoms with E-state index in [2.05, 4.69) is 5.10 Å². The van der Waals surface area contributed by atoms with Gasteiger partial charge in [-0.25, -0.2) is 4.68 Å². The van der Waals surface area contributed by atoms with E-state index in [1.165, 1.54) is 0 Å². The van der Waals surface area contributed by atoms with Crippen molar-refractivity contribution >= 4 is 11.6 Å². The molecule has 1 aromatic carbocycles. The van der Waals surface area contributed by atoms with Crippen molar-refractivity contribution < 1.29 is 10.2 Å². The molecule has 0 aliphatic heterocycles. The summed E-state index contributed by atoms with van der Waals surface area (Å²) in [6.07, 6.45) is 2.16. The molecule has 1 heterocycles. The lowest BCUT2D eigenvalue weighted by molar-refractivity contribution is 0.0170. The first kappa shape index (κ1) is 13.1. The summed E-state index contributed by atoms with van der Waals surface area (Å²) in [4.78, 5) is 0. The van der Waals surface area contributed by atoms with Gasteiger partial charge in [-0.2, -0.15) is 5.10 Å². The third-order valence-corrected chi connectivity index (χ3v) is 2.99. The summed E-state index contributed by atoms with van der Waals surface area (Å²) >= 11 is 5.54. The van der Waals surface area contributed by atoms with E-state index >= 15 is 0 Å². The molecule has 0 bridgehead atoms. The maximum atomic E-state index is 9.91. The highest BCUT2D eigenvalue weighted by Crippen LogP contribution is 2.20. The molecule has 96 valence electrons. The quantitative estimate of drug-likeness (QED) is 0.813. The van der Waals surface area contributed by atoms with Crippen molar-refractivity contribution in [2.45, 2.75) is 18.6 Å². The van der Waals surface area contributed by atoms with Gasteiger partial charge in [-0.15, -0.1) is 11.6 Å². The van der Waals surface area contributed by atoms with Gasteiger partial charge in [0.15, 0.2) is 0 Å². The predicted octanol–water partition coefficient (Wildman–Crippen LogP) is 1.90. The normalized spacial score (nSPS) is 14.4. The number of aromatic nitrogens is 2. The van der Waals surface area contributed by atoms with E-state index < -0.39 is 12.2 Å². The van der Waals surface area contributed by atoms with Gasteiger partial charge < -0.3 is 10.2 Å². The van der Waals surface area contributed by atoms with Gasteiger partial charge in [-0.05, 0) is 30.2 Å². The number of hydrogen-bond acceptors (Lipinski definition) is 3. The number of nitrogens with zero attached hydrogens (tertiary/aromatic N) is 2.